The molecule has 0 aliphatic heterocycles. The Hall–Kier alpha value is -3.87. The van der Waals surface area contributed by atoms with E-state index in [1.165, 1.54) is 6.08 Å². The quantitative estimate of drug-likeness (QED) is 0.314. The Morgan fingerprint density at radius 2 is 1.89 bits per heavy atom. The van der Waals surface area contributed by atoms with E-state index < -0.39 is 5.91 Å². The lowest BCUT2D eigenvalue weighted by atomic mass is 9.92. The summed E-state index contributed by atoms with van der Waals surface area (Å²) in [6.45, 7) is 8.77. The van der Waals surface area contributed by atoms with Gasteiger partial charge in [0.1, 0.15) is 17.9 Å². The molecule has 3 aromatic rings. The minimum Gasteiger partial charge on any atom is -0.488 e. The third kappa shape index (κ3) is 6.18. The second-order valence-electron chi connectivity index (χ2n) is 8.87. The fourth-order valence-corrected chi connectivity index (χ4v) is 3.75. The van der Waals surface area contributed by atoms with Crippen LogP contribution in [0.4, 0.5) is 0 Å². The maximum Gasteiger partial charge on any atom is 0.274 e. The molecule has 0 bridgehead atoms. The summed E-state index contributed by atoms with van der Waals surface area (Å²) in [5.74, 6) is 0.157. The van der Waals surface area contributed by atoms with E-state index in [-0.39, 0.29) is 28.7 Å². The fourth-order valence-electron chi connectivity index (χ4n) is 3.75. The summed E-state index contributed by atoms with van der Waals surface area (Å²) in [5.41, 5.74) is 3.81. The summed E-state index contributed by atoms with van der Waals surface area (Å²) in [6.07, 6.45) is 3.03. The number of aryl methyl sites for hydroxylation is 1. The number of nitrogens with zero attached hydrogens (tertiary/aromatic N) is 2. The Kier molecular flexibility index (Phi) is 8.47. The zero-order valence-electron chi connectivity index (χ0n) is 21.2. The first kappa shape index (κ1) is 25.7. The van der Waals surface area contributed by atoms with E-state index in [1.54, 1.807) is 18.0 Å². The Morgan fingerprint density at radius 1 is 1.17 bits per heavy atom. The largest absolute Gasteiger partial charge is 0.488 e. The number of aromatic nitrogens is 1. The van der Waals surface area contributed by atoms with Crippen molar-refractivity contribution in [2.75, 3.05) is 20.6 Å². The van der Waals surface area contributed by atoms with Crippen molar-refractivity contribution in [3.63, 3.8) is 0 Å². The van der Waals surface area contributed by atoms with E-state index in [9.17, 15) is 9.59 Å². The van der Waals surface area contributed by atoms with Crippen LogP contribution in [0.3, 0.4) is 0 Å². The molecular formula is C28H33N3O4. The molecule has 0 aliphatic rings. The highest BCUT2D eigenvalue weighted by Gasteiger charge is 2.29. The zero-order valence-corrected chi connectivity index (χ0v) is 21.2. The minimum atomic E-state index is -0.466. The summed E-state index contributed by atoms with van der Waals surface area (Å²) >= 11 is 0. The first-order chi connectivity index (χ1) is 16.7. The number of ketones is 1. The number of rotatable bonds is 10. The van der Waals surface area contributed by atoms with Crippen LogP contribution in [0.1, 0.15) is 64.2 Å². The molecule has 0 fully saturated rings. The van der Waals surface area contributed by atoms with E-state index in [0.717, 1.165) is 16.7 Å². The van der Waals surface area contributed by atoms with Crippen molar-refractivity contribution in [1.82, 2.24) is 15.4 Å². The summed E-state index contributed by atoms with van der Waals surface area (Å²) in [5, 5.41) is 6.71. The highest BCUT2D eigenvalue weighted by Crippen LogP contribution is 2.38. The first-order valence-corrected chi connectivity index (χ1v) is 11.7. The van der Waals surface area contributed by atoms with Gasteiger partial charge < -0.3 is 19.5 Å². The molecule has 1 amide bonds. The molecular weight excluding hydrogens is 442 g/mol. The summed E-state index contributed by atoms with van der Waals surface area (Å²) in [4.78, 5) is 27.7. The molecule has 7 heteroatoms. The normalized spacial score (nSPS) is 11.2. The number of nitrogens with one attached hydrogen (secondary N) is 1. The SMILES string of the molecule is CCNC(=O)c1noc(-c2cc(C(C)C)c(C)cc2OCc2ccccc2)c1C(=O)/C=C/N(C)C. The molecule has 1 aromatic heterocycles. The topological polar surface area (TPSA) is 84.7 Å². The molecule has 0 radical (unpaired) electrons. The average Bonchev–Trinajstić information content (AvgIpc) is 3.27. The van der Waals surface area contributed by atoms with E-state index >= 15 is 0 Å². The molecule has 2 aromatic carbocycles. The molecule has 0 spiro atoms. The van der Waals surface area contributed by atoms with Crippen molar-refractivity contribution in [3.05, 3.63) is 82.7 Å². The number of allylic oxidation sites excluding steroid dienone is 1. The van der Waals surface area contributed by atoms with Gasteiger partial charge in [0.2, 0.25) is 0 Å². The molecule has 0 saturated heterocycles. The smallest absolute Gasteiger partial charge is 0.274 e. The van der Waals surface area contributed by atoms with Crippen LogP contribution in [-0.4, -0.2) is 42.4 Å². The van der Waals surface area contributed by atoms with Gasteiger partial charge in [0.25, 0.3) is 5.91 Å². The lowest BCUT2D eigenvalue weighted by Gasteiger charge is -2.17. The average molecular weight is 476 g/mol. The van der Waals surface area contributed by atoms with Crippen LogP contribution in [0.25, 0.3) is 11.3 Å². The molecule has 1 heterocycles. The lowest BCUT2D eigenvalue weighted by molar-refractivity contribution is 0.0937. The van der Waals surface area contributed by atoms with Crippen LogP contribution in [0.2, 0.25) is 0 Å². The van der Waals surface area contributed by atoms with E-state index in [0.29, 0.717) is 24.5 Å². The van der Waals surface area contributed by atoms with Gasteiger partial charge in [-0.15, -0.1) is 0 Å². The van der Waals surface area contributed by atoms with Crippen LogP contribution in [0, 0.1) is 6.92 Å². The minimum absolute atomic E-state index is 0.0454. The molecule has 0 unspecified atom stereocenters. The Morgan fingerprint density at radius 3 is 2.51 bits per heavy atom. The van der Waals surface area contributed by atoms with Gasteiger partial charge in [-0.25, -0.2) is 0 Å². The van der Waals surface area contributed by atoms with Crippen molar-refractivity contribution in [2.45, 2.75) is 40.2 Å². The van der Waals surface area contributed by atoms with Crippen molar-refractivity contribution in [2.24, 2.45) is 0 Å². The second-order valence-corrected chi connectivity index (χ2v) is 8.87. The molecule has 1 N–H and O–H groups in total. The highest BCUT2D eigenvalue weighted by atomic mass is 16.5. The van der Waals surface area contributed by atoms with Crippen LogP contribution in [0.5, 0.6) is 5.75 Å². The molecule has 0 aliphatic carbocycles. The molecule has 3 rings (SSSR count). The van der Waals surface area contributed by atoms with Crippen LogP contribution in [0.15, 0.2) is 59.3 Å². The second kappa shape index (κ2) is 11.5. The molecule has 35 heavy (non-hydrogen) atoms. The van der Waals surface area contributed by atoms with E-state index in [4.69, 9.17) is 9.26 Å². The third-order valence-electron chi connectivity index (χ3n) is 5.49. The molecule has 0 saturated carbocycles. The summed E-state index contributed by atoms with van der Waals surface area (Å²) in [7, 11) is 3.63. The van der Waals surface area contributed by atoms with E-state index in [1.807, 2.05) is 63.5 Å². The molecule has 184 valence electrons. The number of carbonyl (C=O) groups is 2. The lowest BCUT2D eigenvalue weighted by Crippen LogP contribution is -2.25. The van der Waals surface area contributed by atoms with Gasteiger partial charge in [0.05, 0.1) is 5.56 Å². The Labute approximate surface area is 206 Å². The van der Waals surface area contributed by atoms with Crippen LogP contribution >= 0.6 is 0 Å². The van der Waals surface area contributed by atoms with E-state index in [2.05, 4.69) is 24.3 Å². The number of hydrogen-bond donors (Lipinski definition) is 1. The molecule has 0 atom stereocenters. The van der Waals surface area contributed by atoms with Crippen LogP contribution < -0.4 is 10.1 Å². The van der Waals surface area contributed by atoms with Gasteiger partial charge in [0.15, 0.2) is 17.2 Å². The van der Waals surface area contributed by atoms with Gasteiger partial charge >= 0.3 is 0 Å². The maximum absolute atomic E-state index is 13.3. The standard InChI is InChI=1S/C28H33N3O4/c1-7-29-28(33)26-25(23(32)13-14-31(5)6)27(35-30-26)22-16-21(18(2)3)19(4)15-24(22)34-17-20-11-9-8-10-12-20/h8-16,18H,7,17H2,1-6H3,(H,29,33)/b14-13+. The predicted octanol–water partition coefficient (Wildman–Crippen LogP) is 5.36. The highest BCUT2D eigenvalue weighted by molar-refractivity contribution is 6.15. The predicted molar refractivity (Wildman–Crippen MR) is 137 cm³/mol. The van der Waals surface area contributed by atoms with Gasteiger partial charge in [-0.05, 0) is 48.6 Å². The van der Waals surface area contributed by atoms with Gasteiger partial charge in [-0.3, -0.25) is 9.59 Å². The molecule has 7 nitrogen and oxygen atoms in total. The number of carbonyl (C=O) groups excluding carboxylic acids is 2. The van der Waals surface area contributed by atoms with Crippen molar-refractivity contribution in [3.8, 4) is 17.1 Å². The van der Waals surface area contributed by atoms with Crippen molar-refractivity contribution in [1.29, 1.82) is 0 Å². The van der Waals surface area contributed by atoms with Crippen LogP contribution in [-0.2, 0) is 6.61 Å². The first-order valence-electron chi connectivity index (χ1n) is 11.7. The summed E-state index contributed by atoms with van der Waals surface area (Å²) < 4.78 is 11.9. The van der Waals surface area contributed by atoms with Gasteiger partial charge in [-0.1, -0.05) is 49.3 Å². The van der Waals surface area contributed by atoms with Crippen molar-refractivity contribution >= 4 is 11.7 Å². The summed E-state index contributed by atoms with van der Waals surface area (Å²) in [6, 6.07) is 13.7. The maximum atomic E-state index is 13.3. The van der Waals surface area contributed by atoms with Gasteiger partial charge in [-0.2, -0.15) is 0 Å². The van der Waals surface area contributed by atoms with Gasteiger partial charge in [0, 0.05) is 32.9 Å². The number of hydrogen-bond acceptors (Lipinski definition) is 6. The zero-order chi connectivity index (χ0) is 25.5. The Bertz CT molecular complexity index is 1210. The number of ether oxygens (including phenoxy) is 1. The number of amides is 1. The Balaban J connectivity index is 2.18. The number of benzene rings is 2. The van der Waals surface area contributed by atoms with Crippen molar-refractivity contribution < 1.29 is 18.8 Å². The third-order valence-corrected chi connectivity index (χ3v) is 5.49. The fraction of sp³-hybridized carbons (Fsp3) is 0.321. The monoisotopic (exact) mass is 475 g/mol.